The van der Waals surface area contributed by atoms with Crippen molar-refractivity contribution < 1.29 is 8.83 Å². The molecule has 14 aromatic carbocycles. The van der Waals surface area contributed by atoms with Crippen LogP contribution in [-0.2, 0) is 10.8 Å². The second kappa shape index (κ2) is 20.6. The number of halogens is 3. The van der Waals surface area contributed by atoms with E-state index in [9.17, 15) is 0 Å². The minimum Gasteiger partial charge on any atom is -0.454 e. The van der Waals surface area contributed by atoms with E-state index in [0.717, 1.165) is 85.7 Å². The normalized spacial score (nSPS) is 12.2. The monoisotopic (exact) mass is 1270 g/mol. The maximum absolute atomic E-state index is 6.58. The highest BCUT2D eigenvalue weighted by atomic mass is 79.9. The fourth-order valence-corrected chi connectivity index (χ4v) is 13.5. The Morgan fingerprint density at radius 1 is 0.325 bits per heavy atom. The van der Waals surface area contributed by atoms with Crippen molar-refractivity contribution in [3.05, 3.63) is 255 Å². The van der Waals surface area contributed by atoms with Crippen LogP contribution in [0.25, 0.3) is 109 Å². The number of benzene rings is 14. The van der Waals surface area contributed by atoms with Crippen LogP contribution in [0.1, 0.15) is 52.7 Å². The van der Waals surface area contributed by atoms with Crippen molar-refractivity contribution in [3.63, 3.8) is 0 Å². The lowest BCUT2D eigenvalue weighted by molar-refractivity contribution is 0.590. The second-order valence-corrected chi connectivity index (χ2v) is 26.3. The Bertz CT molecular complexity index is 5050. The van der Waals surface area contributed by atoms with Crippen LogP contribution in [0.5, 0.6) is 0 Å². The smallest absolute Gasteiger partial charge is 0.159 e. The first-order valence-corrected chi connectivity index (χ1v) is 30.5. The molecule has 0 aliphatic heterocycles. The van der Waals surface area contributed by atoms with Gasteiger partial charge in [0.25, 0.3) is 0 Å². The zero-order valence-corrected chi connectivity index (χ0v) is 51.6. The van der Waals surface area contributed by atoms with Crippen LogP contribution < -0.4 is 10.2 Å². The van der Waals surface area contributed by atoms with Gasteiger partial charge in [0, 0.05) is 51.7 Å². The Morgan fingerprint density at radius 2 is 0.723 bits per heavy atom. The van der Waals surface area contributed by atoms with Crippen molar-refractivity contribution in [1.29, 1.82) is 0 Å². The molecule has 0 radical (unpaired) electrons. The molecule has 1 N–H and O–H groups in total. The van der Waals surface area contributed by atoms with Gasteiger partial charge in [0.1, 0.15) is 11.2 Å². The zero-order chi connectivity index (χ0) is 56.9. The molecule has 0 aliphatic rings. The summed E-state index contributed by atoms with van der Waals surface area (Å²) in [6.45, 7) is 13.5. The number of anilines is 5. The summed E-state index contributed by atoms with van der Waals surface area (Å²) in [5.74, 6) is 0. The molecule has 7 heteroatoms. The predicted octanol–water partition coefficient (Wildman–Crippen LogP) is 24.7. The van der Waals surface area contributed by atoms with Crippen LogP contribution in [0.2, 0.25) is 0 Å². The summed E-state index contributed by atoms with van der Waals surface area (Å²) in [7, 11) is 0. The highest BCUT2D eigenvalue weighted by Crippen LogP contribution is 2.48. The van der Waals surface area contributed by atoms with Crippen LogP contribution >= 0.6 is 47.8 Å². The first-order chi connectivity index (χ1) is 40.2. The van der Waals surface area contributed by atoms with E-state index in [-0.39, 0.29) is 10.8 Å². The van der Waals surface area contributed by atoms with Gasteiger partial charge in [-0.1, -0.05) is 247 Å². The third kappa shape index (κ3) is 9.34. The highest BCUT2D eigenvalue weighted by molar-refractivity contribution is 9.11. The number of hydrogen-bond acceptors (Lipinski definition) is 4. The van der Waals surface area contributed by atoms with Gasteiger partial charge in [0.15, 0.2) is 11.2 Å². The standard InChI is InChI=1S/C38H28BrNO.C22H21NO.C16H8Br2/c1-38(2,3)25-15-17-26(18-16-25)40(33-9-6-8-28-27-7-4-5-10-34(27)41-37(28)33)32-22-14-24-11-19-29-31(39)21-13-23-12-20-30(32)36(24)35(23)29;1-22(2,3)15-11-13-16(14-12-15)23-19-9-6-8-18-17-7-4-5-10-20(17)24-21(18)19;17-13-8-4-10-2-6-12-14(18)7-3-9-1-5-11(13)16(10)15(9)12/h4-22H,1-3H3;4-14,23H,1-3H3;1-8H. The van der Waals surface area contributed by atoms with Crippen molar-refractivity contribution in [2.75, 3.05) is 10.2 Å². The Balaban J connectivity index is 0.000000123. The molecule has 0 aliphatic carbocycles. The zero-order valence-electron chi connectivity index (χ0n) is 46.8. The third-order valence-corrected chi connectivity index (χ3v) is 18.5. The van der Waals surface area contributed by atoms with E-state index in [0.29, 0.717) is 0 Å². The molecular formula is C76H57Br3N2O2. The number of para-hydroxylation sites is 4. The fourth-order valence-electron chi connectivity index (χ4n) is 12.2. The average molecular weight is 1270 g/mol. The molecule has 0 saturated heterocycles. The van der Waals surface area contributed by atoms with Gasteiger partial charge in [-0.25, -0.2) is 0 Å². The Morgan fingerprint density at radius 3 is 1.23 bits per heavy atom. The first kappa shape index (κ1) is 52.8. The molecule has 16 rings (SSSR count). The molecule has 0 spiro atoms. The van der Waals surface area contributed by atoms with Gasteiger partial charge < -0.3 is 19.1 Å². The lowest BCUT2D eigenvalue weighted by Gasteiger charge is -2.28. The van der Waals surface area contributed by atoms with Crippen LogP contribution in [0.4, 0.5) is 28.4 Å². The van der Waals surface area contributed by atoms with E-state index in [2.05, 4.69) is 306 Å². The van der Waals surface area contributed by atoms with Crippen LogP contribution in [0.15, 0.2) is 253 Å². The lowest BCUT2D eigenvalue weighted by atomic mass is 9.87. The molecule has 0 saturated carbocycles. The van der Waals surface area contributed by atoms with E-state index in [1.165, 1.54) is 75.8 Å². The maximum atomic E-state index is 6.58. The van der Waals surface area contributed by atoms with Crippen molar-refractivity contribution in [1.82, 2.24) is 0 Å². The number of rotatable bonds is 5. The van der Waals surface area contributed by atoms with Gasteiger partial charge in [0.05, 0.1) is 17.1 Å². The molecule has 2 heterocycles. The minimum atomic E-state index is 0.0719. The van der Waals surface area contributed by atoms with E-state index >= 15 is 0 Å². The summed E-state index contributed by atoms with van der Waals surface area (Å²) in [5.41, 5.74) is 11.8. The fraction of sp³-hybridized carbons (Fsp3) is 0.105. The summed E-state index contributed by atoms with van der Waals surface area (Å²) < 4.78 is 16.1. The molecule has 0 atom stereocenters. The molecule has 0 unspecified atom stereocenters. The van der Waals surface area contributed by atoms with E-state index in [1.807, 2.05) is 24.3 Å². The van der Waals surface area contributed by atoms with E-state index in [1.54, 1.807) is 0 Å². The molecule has 0 amide bonds. The van der Waals surface area contributed by atoms with E-state index < -0.39 is 0 Å². The molecule has 0 bridgehead atoms. The molecule has 2 aromatic heterocycles. The van der Waals surface area contributed by atoms with Gasteiger partial charge >= 0.3 is 0 Å². The van der Waals surface area contributed by atoms with Crippen molar-refractivity contribution >= 4 is 185 Å². The second-order valence-electron chi connectivity index (χ2n) is 23.7. The molecular weight excluding hydrogens is 1210 g/mol. The average Bonchev–Trinajstić information content (AvgIpc) is 2.87. The number of nitrogens with zero attached hydrogens (tertiary/aromatic N) is 1. The highest BCUT2D eigenvalue weighted by Gasteiger charge is 2.24. The number of fused-ring (bicyclic) bond motifs is 6. The van der Waals surface area contributed by atoms with Crippen molar-refractivity contribution in [3.8, 4) is 0 Å². The lowest BCUT2D eigenvalue weighted by Crippen LogP contribution is -2.13. The van der Waals surface area contributed by atoms with Crippen LogP contribution in [-0.4, -0.2) is 0 Å². The van der Waals surface area contributed by atoms with E-state index in [4.69, 9.17) is 8.83 Å². The summed E-state index contributed by atoms with van der Waals surface area (Å²) in [6.07, 6.45) is 0. The minimum absolute atomic E-state index is 0.0719. The number of furan rings is 2. The summed E-state index contributed by atoms with van der Waals surface area (Å²) in [4.78, 5) is 2.37. The maximum Gasteiger partial charge on any atom is 0.159 e. The molecule has 404 valence electrons. The van der Waals surface area contributed by atoms with Crippen molar-refractivity contribution in [2.45, 2.75) is 52.4 Å². The largest absolute Gasteiger partial charge is 0.454 e. The van der Waals surface area contributed by atoms with Crippen LogP contribution in [0, 0.1) is 0 Å². The summed E-state index contributed by atoms with van der Waals surface area (Å²) in [6, 6.07) is 82.0. The topological polar surface area (TPSA) is 41.6 Å². The van der Waals surface area contributed by atoms with Gasteiger partial charge in [-0.2, -0.15) is 0 Å². The number of hydrogen-bond donors (Lipinski definition) is 1. The Hall–Kier alpha value is -8.20. The van der Waals surface area contributed by atoms with Crippen molar-refractivity contribution in [2.24, 2.45) is 0 Å². The van der Waals surface area contributed by atoms with Gasteiger partial charge in [0.2, 0.25) is 0 Å². The third-order valence-electron chi connectivity index (χ3n) is 16.4. The summed E-state index contributed by atoms with van der Waals surface area (Å²) in [5, 5.41) is 23.4. The summed E-state index contributed by atoms with van der Waals surface area (Å²) >= 11 is 11.1. The van der Waals surface area contributed by atoms with Gasteiger partial charge in [-0.3, -0.25) is 0 Å². The Kier molecular flexibility index (Phi) is 13.1. The quantitative estimate of drug-likeness (QED) is 0.174. The first-order valence-electron chi connectivity index (χ1n) is 28.1. The number of nitrogens with one attached hydrogen (secondary N) is 1. The Labute approximate surface area is 507 Å². The van der Waals surface area contributed by atoms with Gasteiger partial charge in [-0.05, 0) is 154 Å². The SMILES string of the molecule is Brc1ccc2ccc3c(Br)ccc4ccc1c2c43.CC(C)(C)c1ccc(N(c2ccc3ccc4c(Br)ccc5ccc2c3c54)c2cccc3c2oc2ccccc23)cc1.CC(C)(C)c1ccc(Nc2cccc3c2oc2ccccc23)cc1. The molecule has 83 heavy (non-hydrogen) atoms. The predicted molar refractivity (Wildman–Crippen MR) is 366 cm³/mol. The molecule has 0 fully saturated rings. The molecule has 16 aromatic rings. The van der Waals surface area contributed by atoms with Crippen LogP contribution in [0.3, 0.4) is 0 Å². The molecule has 4 nitrogen and oxygen atoms in total. The van der Waals surface area contributed by atoms with Gasteiger partial charge in [-0.15, -0.1) is 0 Å².